The van der Waals surface area contributed by atoms with Crippen LogP contribution in [0.2, 0.25) is 0 Å². The van der Waals surface area contributed by atoms with Crippen molar-refractivity contribution in [1.82, 2.24) is 10.2 Å². The molecule has 26 heavy (non-hydrogen) atoms. The van der Waals surface area contributed by atoms with Crippen LogP contribution in [0.4, 0.5) is 0 Å². The van der Waals surface area contributed by atoms with Gasteiger partial charge in [-0.15, -0.1) is 0 Å². The van der Waals surface area contributed by atoms with E-state index in [4.69, 9.17) is 4.74 Å². The lowest BCUT2D eigenvalue weighted by atomic mass is 9.92. The van der Waals surface area contributed by atoms with Crippen LogP contribution in [-0.2, 0) is 16.1 Å². The molecule has 1 saturated carbocycles. The molecule has 1 heterocycles. The van der Waals surface area contributed by atoms with Gasteiger partial charge in [-0.25, -0.2) is 0 Å². The van der Waals surface area contributed by atoms with Crippen molar-refractivity contribution in [3.8, 4) is 5.75 Å². The number of carbonyl (C=O) groups excluding carboxylic acids is 2. The maximum atomic E-state index is 13.1. The number of hydrogen-bond acceptors (Lipinski definition) is 3. The van der Waals surface area contributed by atoms with E-state index in [1.54, 1.807) is 12.0 Å². The first-order valence-electron chi connectivity index (χ1n) is 9.38. The second kappa shape index (κ2) is 7.99. The SMILES string of the molecule is COc1ccc(Br)cc1CN1C(=O)CC[C@]1(C)C(=O)NC1CCCCC1. The molecule has 1 aromatic rings. The molecule has 0 spiro atoms. The zero-order valence-electron chi connectivity index (χ0n) is 15.5. The van der Waals surface area contributed by atoms with E-state index in [1.807, 2.05) is 25.1 Å². The van der Waals surface area contributed by atoms with Crippen molar-refractivity contribution in [1.29, 1.82) is 0 Å². The van der Waals surface area contributed by atoms with Crippen molar-refractivity contribution in [2.24, 2.45) is 0 Å². The maximum Gasteiger partial charge on any atom is 0.245 e. The van der Waals surface area contributed by atoms with Crippen molar-refractivity contribution in [2.75, 3.05) is 7.11 Å². The van der Waals surface area contributed by atoms with Crippen molar-refractivity contribution >= 4 is 27.7 Å². The van der Waals surface area contributed by atoms with Crippen LogP contribution in [0.25, 0.3) is 0 Å². The first kappa shape index (κ1) is 19.2. The Morgan fingerprint density at radius 2 is 2.08 bits per heavy atom. The Morgan fingerprint density at radius 1 is 1.35 bits per heavy atom. The summed E-state index contributed by atoms with van der Waals surface area (Å²) in [7, 11) is 1.62. The van der Waals surface area contributed by atoms with Crippen LogP contribution in [0.1, 0.15) is 57.4 Å². The van der Waals surface area contributed by atoms with Crippen LogP contribution in [0, 0.1) is 0 Å². The minimum absolute atomic E-state index is 0.0216. The van der Waals surface area contributed by atoms with Gasteiger partial charge in [0.05, 0.1) is 13.7 Å². The molecule has 1 saturated heterocycles. The fourth-order valence-corrected chi connectivity index (χ4v) is 4.43. The van der Waals surface area contributed by atoms with Crippen molar-refractivity contribution in [2.45, 2.75) is 70.0 Å². The number of nitrogens with zero attached hydrogens (tertiary/aromatic N) is 1. The summed E-state index contributed by atoms with van der Waals surface area (Å²) in [5.41, 5.74) is 0.0933. The molecule has 1 aromatic carbocycles. The molecule has 142 valence electrons. The van der Waals surface area contributed by atoms with Crippen molar-refractivity contribution in [3.63, 3.8) is 0 Å². The smallest absolute Gasteiger partial charge is 0.245 e. The molecule has 0 radical (unpaired) electrons. The van der Waals surface area contributed by atoms with E-state index >= 15 is 0 Å². The average molecular weight is 423 g/mol. The number of rotatable bonds is 5. The minimum atomic E-state index is -0.804. The Balaban J connectivity index is 1.79. The van der Waals surface area contributed by atoms with Crippen molar-refractivity contribution < 1.29 is 14.3 Å². The number of likely N-dealkylation sites (tertiary alicyclic amines) is 1. The number of benzene rings is 1. The van der Waals surface area contributed by atoms with Crippen LogP contribution >= 0.6 is 15.9 Å². The van der Waals surface area contributed by atoms with Gasteiger partial charge in [-0.3, -0.25) is 9.59 Å². The third-order valence-electron chi connectivity index (χ3n) is 5.72. The lowest BCUT2D eigenvalue weighted by molar-refractivity contribution is -0.141. The number of hydrogen-bond donors (Lipinski definition) is 1. The monoisotopic (exact) mass is 422 g/mol. The van der Waals surface area contributed by atoms with Gasteiger partial charge < -0.3 is 15.0 Å². The molecule has 1 aliphatic carbocycles. The predicted octanol–water partition coefficient (Wildman–Crippen LogP) is 3.79. The summed E-state index contributed by atoms with van der Waals surface area (Å²) in [4.78, 5) is 27.3. The third kappa shape index (κ3) is 3.90. The lowest BCUT2D eigenvalue weighted by Gasteiger charge is -2.36. The van der Waals surface area contributed by atoms with Gasteiger partial charge in [-0.05, 0) is 44.4 Å². The van der Waals surface area contributed by atoms with Gasteiger partial charge in [0.1, 0.15) is 11.3 Å². The molecule has 0 bridgehead atoms. The van der Waals surface area contributed by atoms with Crippen LogP contribution in [-0.4, -0.2) is 35.4 Å². The molecule has 2 aliphatic rings. The predicted molar refractivity (Wildman–Crippen MR) is 104 cm³/mol. The number of ether oxygens (including phenoxy) is 1. The normalized spacial score (nSPS) is 24.0. The summed E-state index contributed by atoms with van der Waals surface area (Å²) in [5.74, 6) is 0.723. The number of nitrogens with one attached hydrogen (secondary N) is 1. The summed E-state index contributed by atoms with van der Waals surface area (Å²) in [6.07, 6.45) is 6.62. The fraction of sp³-hybridized carbons (Fsp3) is 0.600. The summed E-state index contributed by atoms with van der Waals surface area (Å²) >= 11 is 3.47. The van der Waals surface area contributed by atoms with Gasteiger partial charge in [0.2, 0.25) is 11.8 Å². The van der Waals surface area contributed by atoms with E-state index in [1.165, 1.54) is 19.3 Å². The topological polar surface area (TPSA) is 58.6 Å². The molecule has 1 atom stereocenters. The summed E-state index contributed by atoms with van der Waals surface area (Å²) < 4.78 is 6.36. The second-order valence-electron chi connectivity index (χ2n) is 7.52. The molecule has 1 aliphatic heterocycles. The summed E-state index contributed by atoms with van der Waals surface area (Å²) in [6.45, 7) is 2.26. The van der Waals surface area contributed by atoms with E-state index in [0.717, 1.165) is 28.6 Å². The number of carbonyl (C=O) groups is 2. The molecular formula is C20H27BrN2O3. The maximum absolute atomic E-state index is 13.1. The Bertz CT molecular complexity index is 688. The van der Waals surface area contributed by atoms with Gasteiger partial charge in [0.25, 0.3) is 0 Å². The van der Waals surface area contributed by atoms with Crippen LogP contribution in [0.3, 0.4) is 0 Å². The Labute approximate surface area is 163 Å². The molecule has 3 rings (SSSR count). The molecule has 1 N–H and O–H groups in total. The first-order chi connectivity index (χ1) is 12.4. The Kier molecular flexibility index (Phi) is 5.90. The number of amides is 2. The highest BCUT2D eigenvalue weighted by Gasteiger charge is 2.47. The molecule has 6 heteroatoms. The highest BCUT2D eigenvalue weighted by atomic mass is 79.9. The third-order valence-corrected chi connectivity index (χ3v) is 6.22. The van der Waals surface area contributed by atoms with Crippen molar-refractivity contribution in [3.05, 3.63) is 28.2 Å². The van der Waals surface area contributed by atoms with E-state index in [0.29, 0.717) is 19.4 Å². The van der Waals surface area contributed by atoms with Crippen LogP contribution < -0.4 is 10.1 Å². The zero-order valence-corrected chi connectivity index (χ0v) is 17.1. The number of methoxy groups -OCH3 is 1. The zero-order chi connectivity index (χ0) is 18.7. The molecule has 2 fully saturated rings. The van der Waals surface area contributed by atoms with Gasteiger partial charge >= 0.3 is 0 Å². The summed E-state index contributed by atoms with van der Waals surface area (Å²) in [5, 5.41) is 3.20. The Morgan fingerprint density at radius 3 is 2.77 bits per heavy atom. The standard InChI is InChI=1S/C20H27BrN2O3/c1-20(19(25)22-16-6-4-3-5-7-16)11-10-18(24)23(20)13-14-12-15(21)8-9-17(14)26-2/h8-9,12,16H,3-7,10-11,13H2,1-2H3,(H,22,25)/t20-/m1/s1. The fourth-order valence-electron chi connectivity index (χ4n) is 4.02. The van der Waals surface area contributed by atoms with E-state index in [-0.39, 0.29) is 17.9 Å². The number of halogens is 1. The quantitative estimate of drug-likeness (QED) is 0.784. The van der Waals surface area contributed by atoms with Gasteiger partial charge in [0, 0.05) is 22.5 Å². The molecule has 0 unspecified atom stereocenters. The van der Waals surface area contributed by atoms with E-state index < -0.39 is 5.54 Å². The molecule has 0 aromatic heterocycles. The lowest BCUT2D eigenvalue weighted by Crippen LogP contribution is -2.56. The van der Waals surface area contributed by atoms with Crippen LogP contribution in [0.5, 0.6) is 5.75 Å². The molecular weight excluding hydrogens is 396 g/mol. The van der Waals surface area contributed by atoms with Gasteiger partial charge in [-0.2, -0.15) is 0 Å². The minimum Gasteiger partial charge on any atom is -0.496 e. The van der Waals surface area contributed by atoms with Gasteiger partial charge in [0.15, 0.2) is 0 Å². The van der Waals surface area contributed by atoms with Crippen LogP contribution in [0.15, 0.2) is 22.7 Å². The largest absolute Gasteiger partial charge is 0.496 e. The highest BCUT2D eigenvalue weighted by Crippen LogP contribution is 2.35. The average Bonchev–Trinajstić information content (AvgIpc) is 2.92. The highest BCUT2D eigenvalue weighted by molar-refractivity contribution is 9.10. The van der Waals surface area contributed by atoms with E-state index in [2.05, 4.69) is 21.2 Å². The second-order valence-corrected chi connectivity index (χ2v) is 8.43. The molecule has 5 nitrogen and oxygen atoms in total. The first-order valence-corrected chi connectivity index (χ1v) is 10.2. The summed E-state index contributed by atoms with van der Waals surface area (Å²) in [6, 6.07) is 5.97. The molecule has 2 amide bonds. The Hall–Kier alpha value is -1.56. The van der Waals surface area contributed by atoms with E-state index in [9.17, 15) is 9.59 Å². The van der Waals surface area contributed by atoms with Gasteiger partial charge in [-0.1, -0.05) is 35.2 Å².